The van der Waals surface area contributed by atoms with Crippen molar-refractivity contribution in [1.29, 1.82) is 0 Å². The van der Waals surface area contributed by atoms with Gasteiger partial charge in [-0.25, -0.2) is 0 Å². The second-order valence-electron chi connectivity index (χ2n) is 3.40. The van der Waals surface area contributed by atoms with E-state index in [1.807, 2.05) is 0 Å². The third kappa shape index (κ3) is 2.81. The van der Waals surface area contributed by atoms with E-state index in [0.29, 0.717) is 5.75 Å². The van der Waals surface area contributed by atoms with Crippen molar-refractivity contribution in [1.82, 2.24) is 0 Å². The molecule has 6 heteroatoms. The normalized spacial score (nSPS) is 14.2. The monoisotopic (exact) mass is 262 g/mol. The molecule has 0 radical (unpaired) electrons. The molecule has 1 aromatic rings. The highest BCUT2D eigenvalue weighted by molar-refractivity contribution is 6.33. The predicted octanol–water partition coefficient (Wildman–Crippen LogP) is 0.744. The first-order valence-corrected chi connectivity index (χ1v) is 5.32. The molecule has 0 fully saturated rings. The van der Waals surface area contributed by atoms with Crippen molar-refractivity contribution in [3.8, 4) is 11.5 Å². The zero-order valence-electron chi connectivity index (χ0n) is 9.55. The Morgan fingerprint density at radius 3 is 2.35 bits per heavy atom. The molecular formula is C11H15ClO5. The molecule has 5 nitrogen and oxygen atoms in total. The Labute approximate surface area is 104 Å². The summed E-state index contributed by atoms with van der Waals surface area (Å²) in [4.78, 5) is 0. The Balaban J connectivity index is 3.18. The van der Waals surface area contributed by atoms with E-state index < -0.39 is 18.8 Å². The van der Waals surface area contributed by atoms with Crippen LogP contribution in [-0.2, 0) is 0 Å². The molecule has 0 aliphatic heterocycles. The predicted molar refractivity (Wildman–Crippen MR) is 62.6 cm³/mol. The smallest absolute Gasteiger partial charge is 0.179 e. The number of aliphatic hydroxyl groups is 3. The van der Waals surface area contributed by atoms with E-state index >= 15 is 0 Å². The first kappa shape index (κ1) is 14.1. The van der Waals surface area contributed by atoms with Gasteiger partial charge in [0.15, 0.2) is 11.5 Å². The molecule has 0 amide bonds. The molecule has 0 aromatic heterocycles. The molecule has 1 aromatic carbocycles. The van der Waals surface area contributed by atoms with Gasteiger partial charge in [0.2, 0.25) is 0 Å². The van der Waals surface area contributed by atoms with Crippen LogP contribution in [0.15, 0.2) is 12.1 Å². The van der Waals surface area contributed by atoms with Crippen molar-refractivity contribution in [2.45, 2.75) is 12.2 Å². The molecule has 0 spiro atoms. The number of aliphatic hydroxyl groups excluding tert-OH is 3. The molecule has 2 atom stereocenters. The molecule has 1 rings (SSSR count). The number of rotatable bonds is 5. The Kier molecular flexibility index (Phi) is 5.02. The van der Waals surface area contributed by atoms with E-state index in [1.165, 1.54) is 20.3 Å². The quantitative estimate of drug-likeness (QED) is 0.730. The molecule has 0 saturated heterocycles. The lowest BCUT2D eigenvalue weighted by atomic mass is 10.0. The van der Waals surface area contributed by atoms with Crippen molar-refractivity contribution < 1.29 is 24.8 Å². The highest BCUT2D eigenvalue weighted by Crippen LogP contribution is 2.40. The summed E-state index contributed by atoms with van der Waals surface area (Å²) in [6, 6.07) is 3.07. The molecule has 0 aliphatic rings. The number of hydrogen-bond acceptors (Lipinski definition) is 5. The van der Waals surface area contributed by atoms with Crippen LogP contribution in [0.1, 0.15) is 11.7 Å². The SMILES string of the molecule is COc1ccc(C(O)C(O)CO)c(Cl)c1OC. The zero-order chi connectivity index (χ0) is 13.0. The van der Waals surface area contributed by atoms with Gasteiger partial charge in [0, 0.05) is 5.56 Å². The Hall–Kier alpha value is -1.01. The van der Waals surface area contributed by atoms with Gasteiger partial charge in [-0.15, -0.1) is 0 Å². The Bertz CT molecular complexity index is 382. The van der Waals surface area contributed by atoms with E-state index in [2.05, 4.69) is 0 Å². The van der Waals surface area contributed by atoms with Gasteiger partial charge in [-0.3, -0.25) is 0 Å². The minimum absolute atomic E-state index is 0.145. The summed E-state index contributed by atoms with van der Waals surface area (Å²) < 4.78 is 10.1. The number of methoxy groups -OCH3 is 2. The average molecular weight is 263 g/mol. The largest absolute Gasteiger partial charge is 0.493 e. The summed E-state index contributed by atoms with van der Waals surface area (Å²) in [5, 5.41) is 28.0. The van der Waals surface area contributed by atoms with E-state index in [1.54, 1.807) is 6.07 Å². The molecular weight excluding hydrogens is 248 g/mol. The molecule has 0 heterocycles. The van der Waals surface area contributed by atoms with Crippen LogP contribution >= 0.6 is 11.6 Å². The van der Waals surface area contributed by atoms with E-state index in [9.17, 15) is 10.2 Å². The molecule has 96 valence electrons. The van der Waals surface area contributed by atoms with Crippen LogP contribution in [-0.4, -0.2) is 42.3 Å². The van der Waals surface area contributed by atoms with Crippen LogP contribution in [0.25, 0.3) is 0 Å². The van der Waals surface area contributed by atoms with E-state index in [0.717, 1.165) is 0 Å². The second kappa shape index (κ2) is 6.07. The van der Waals surface area contributed by atoms with Crippen LogP contribution < -0.4 is 9.47 Å². The molecule has 17 heavy (non-hydrogen) atoms. The topological polar surface area (TPSA) is 79.2 Å². The highest BCUT2D eigenvalue weighted by Gasteiger charge is 2.23. The molecule has 0 aliphatic carbocycles. The van der Waals surface area contributed by atoms with Crippen LogP contribution in [0.4, 0.5) is 0 Å². The summed E-state index contributed by atoms with van der Waals surface area (Å²) in [5.74, 6) is 0.697. The maximum Gasteiger partial charge on any atom is 0.179 e. The number of ether oxygens (including phenoxy) is 2. The number of benzene rings is 1. The lowest BCUT2D eigenvalue weighted by Crippen LogP contribution is -2.22. The van der Waals surface area contributed by atoms with Gasteiger partial charge in [0.25, 0.3) is 0 Å². The minimum atomic E-state index is -1.30. The second-order valence-corrected chi connectivity index (χ2v) is 3.78. The number of hydrogen-bond donors (Lipinski definition) is 3. The third-order valence-corrected chi connectivity index (χ3v) is 2.77. The van der Waals surface area contributed by atoms with Gasteiger partial charge >= 0.3 is 0 Å². The highest BCUT2D eigenvalue weighted by atomic mass is 35.5. The van der Waals surface area contributed by atoms with Gasteiger partial charge in [-0.05, 0) is 6.07 Å². The zero-order valence-corrected chi connectivity index (χ0v) is 10.3. The fourth-order valence-electron chi connectivity index (χ4n) is 1.44. The maximum atomic E-state index is 9.76. The minimum Gasteiger partial charge on any atom is -0.493 e. The fourth-order valence-corrected chi connectivity index (χ4v) is 1.79. The van der Waals surface area contributed by atoms with Crippen LogP contribution in [0.3, 0.4) is 0 Å². The summed E-state index contributed by atoms with van der Waals surface area (Å²) >= 11 is 6.03. The van der Waals surface area contributed by atoms with Gasteiger partial charge in [-0.1, -0.05) is 17.7 Å². The Morgan fingerprint density at radius 2 is 1.88 bits per heavy atom. The van der Waals surface area contributed by atoms with Gasteiger partial charge in [0.05, 0.1) is 25.8 Å². The molecule has 0 bridgehead atoms. The van der Waals surface area contributed by atoms with Gasteiger partial charge in [-0.2, -0.15) is 0 Å². The lowest BCUT2D eigenvalue weighted by molar-refractivity contribution is -0.0153. The first-order chi connectivity index (χ1) is 8.06. The first-order valence-electron chi connectivity index (χ1n) is 4.94. The standard InChI is InChI=1S/C11H15ClO5/c1-16-8-4-3-6(9(12)11(8)17-2)10(15)7(14)5-13/h3-4,7,10,13-15H,5H2,1-2H3. The molecule has 3 N–H and O–H groups in total. The number of halogens is 1. The molecule has 2 unspecified atom stereocenters. The third-order valence-electron chi connectivity index (χ3n) is 2.39. The van der Waals surface area contributed by atoms with Crippen LogP contribution in [0.2, 0.25) is 5.02 Å². The van der Waals surface area contributed by atoms with Gasteiger partial charge < -0.3 is 24.8 Å². The van der Waals surface area contributed by atoms with E-state index in [-0.39, 0.29) is 16.3 Å². The Morgan fingerprint density at radius 1 is 1.24 bits per heavy atom. The summed E-state index contributed by atoms with van der Waals surface area (Å²) in [6.07, 6.45) is -2.59. The van der Waals surface area contributed by atoms with Crippen molar-refractivity contribution in [3.05, 3.63) is 22.7 Å². The van der Waals surface area contributed by atoms with Gasteiger partial charge in [0.1, 0.15) is 12.2 Å². The van der Waals surface area contributed by atoms with Crippen molar-refractivity contribution in [2.75, 3.05) is 20.8 Å². The van der Waals surface area contributed by atoms with Crippen molar-refractivity contribution in [2.24, 2.45) is 0 Å². The summed E-state index contributed by atoms with van der Waals surface area (Å²) in [6.45, 7) is -0.564. The lowest BCUT2D eigenvalue weighted by Gasteiger charge is -2.19. The van der Waals surface area contributed by atoms with Crippen molar-refractivity contribution in [3.63, 3.8) is 0 Å². The average Bonchev–Trinajstić information content (AvgIpc) is 2.36. The maximum absolute atomic E-state index is 9.76. The van der Waals surface area contributed by atoms with Crippen LogP contribution in [0.5, 0.6) is 11.5 Å². The molecule has 0 saturated carbocycles. The van der Waals surface area contributed by atoms with Crippen molar-refractivity contribution >= 4 is 11.6 Å². The van der Waals surface area contributed by atoms with Crippen LogP contribution in [0, 0.1) is 0 Å². The summed E-state index contributed by atoms with van der Waals surface area (Å²) in [7, 11) is 2.88. The fraction of sp³-hybridized carbons (Fsp3) is 0.455. The summed E-state index contributed by atoms with van der Waals surface area (Å²) in [5.41, 5.74) is 0.269. The van der Waals surface area contributed by atoms with E-state index in [4.69, 9.17) is 26.2 Å².